The van der Waals surface area contributed by atoms with E-state index in [9.17, 15) is 14.4 Å². The fourth-order valence-corrected chi connectivity index (χ4v) is 5.20. The molecule has 36 heavy (non-hydrogen) atoms. The lowest BCUT2D eigenvalue weighted by Gasteiger charge is -2.31. The Balaban J connectivity index is 1.78. The third-order valence-corrected chi connectivity index (χ3v) is 7.14. The van der Waals surface area contributed by atoms with Crippen molar-refractivity contribution in [2.75, 3.05) is 34.0 Å². The van der Waals surface area contributed by atoms with Crippen molar-refractivity contribution < 1.29 is 28.6 Å². The van der Waals surface area contributed by atoms with E-state index in [1.165, 1.54) is 7.11 Å². The monoisotopic (exact) mass is 500 g/mol. The zero-order chi connectivity index (χ0) is 26.0. The Hall–Kier alpha value is -2.87. The van der Waals surface area contributed by atoms with Crippen LogP contribution in [0.1, 0.15) is 63.9 Å². The molecule has 3 rings (SSSR count). The van der Waals surface area contributed by atoms with E-state index in [1.807, 2.05) is 30.3 Å². The van der Waals surface area contributed by atoms with E-state index in [4.69, 9.17) is 14.2 Å². The molecule has 1 saturated heterocycles. The van der Waals surface area contributed by atoms with Crippen molar-refractivity contribution in [3.63, 3.8) is 0 Å². The summed E-state index contributed by atoms with van der Waals surface area (Å²) in [4.78, 5) is 41.7. The number of unbranched alkanes of at least 4 members (excludes halogenated alkanes) is 1. The third kappa shape index (κ3) is 6.27. The van der Waals surface area contributed by atoms with E-state index in [1.54, 1.807) is 12.0 Å². The first-order chi connectivity index (χ1) is 17.5. The van der Waals surface area contributed by atoms with Gasteiger partial charge < -0.3 is 24.4 Å². The van der Waals surface area contributed by atoms with Crippen LogP contribution in [0, 0.1) is 11.3 Å². The summed E-state index contributed by atoms with van der Waals surface area (Å²) >= 11 is 0. The summed E-state index contributed by atoms with van der Waals surface area (Å²) in [6.07, 6.45) is 7.71. The predicted molar refractivity (Wildman–Crippen MR) is 136 cm³/mol. The molecule has 2 aliphatic rings. The molecule has 0 unspecified atom stereocenters. The van der Waals surface area contributed by atoms with Crippen LogP contribution in [0.4, 0.5) is 0 Å². The van der Waals surface area contributed by atoms with Gasteiger partial charge in [-0.3, -0.25) is 14.4 Å². The number of esters is 1. The maximum absolute atomic E-state index is 13.8. The van der Waals surface area contributed by atoms with Gasteiger partial charge in [-0.05, 0) is 49.8 Å². The number of hydrogen-bond acceptors (Lipinski definition) is 6. The Labute approximate surface area is 214 Å². The lowest BCUT2D eigenvalue weighted by molar-refractivity contribution is -0.155. The van der Waals surface area contributed by atoms with E-state index in [0.717, 1.165) is 50.0 Å². The molecule has 198 valence electrons. The Morgan fingerprint density at radius 3 is 2.56 bits per heavy atom. The van der Waals surface area contributed by atoms with Gasteiger partial charge in [-0.15, -0.1) is 0 Å². The quantitative estimate of drug-likeness (QED) is 0.325. The first-order valence-electron chi connectivity index (χ1n) is 13.1. The first-order valence-corrected chi connectivity index (χ1v) is 13.1. The molecule has 0 bridgehead atoms. The summed E-state index contributed by atoms with van der Waals surface area (Å²) in [6.45, 7) is 4.21. The van der Waals surface area contributed by atoms with Gasteiger partial charge >= 0.3 is 5.97 Å². The topological polar surface area (TPSA) is 94.2 Å². The fourth-order valence-electron chi connectivity index (χ4n) is 5.20. The van der Waals surface area contributed by atoms with Crippen molar-refractivity contribution in [2.45, 2.75) is 64.8 Å². The van der Waals surface area contributed by atoms with Crippen LogP contribution in [0.5, 0.6) is 5.75 Å². The number of hydrogen-bond donors (Lipinski definition) is 1. The summed E-state index contributed by atoms with van der Waals surface area (Å²) in [6, 6.07) is 7.52. The third-order valence-electron chi connectivity index (χ3n) is 7.14. The normalized spacial score (nSPS) is 21.4. The molecule has 1 aliphatic heterocycles. The van der Waals surface area contributed by atoms with E-state index >= 15 is 0 Å². The minimum atomic E-state index is -1.14. The highest BCUT2D eigenvalue weighted by atomic mass is 16.5. The summed E-state index contributed by atoms with van der Waals surface area (Å²) in [5.74, 6) is -0.950. The van der Waals surface area contributed by atoms with E-state index in [-0.39, 0.29) is 18.2 Å². The molecule has 0 spiro atoms. The number of nitrogens with zero attached hydrogens (tertiary/aromatic N) is 1. The van der Waals surface area contributed by atoms with E-state index in [0.29, 0.717) is 38.2 Å². The Kier molecular flexibility index (Phi) is 10.3. The second-order valence-corrected chi connectivity index (χ2v) is 9.50. The molecule has 8 nitrogen and oxygen atoms in total. The molecule has 0 aromatic heterocycles. The SMILES string of the molecule is CCCCOCCCNC(=O)C[C@H]1C(=O)N(Cc2ccc(OC)cc2)C2=CCCCC[C@@]21C(=O)OC. The van der Waals surface area contributed by atoms with Crippen LogP contribution in [-0.4, -0.2) is 56.7 Å². The number of likely N-dealkylation sites (tertiary alicyclic amines) is 1. The van der Waals surface area contributed by atoms with Crippen LogP contribution in [0.3, 0.4) is 0 Å². The average molecular weight is 501 g/mol. The maximum Gasteiger partial charge on any atom is 0.318 e. The van der Waals surface area contributed by atoms with Gasteiger partial charge in [0.25, 0.3) is 0 Å². The molecule has 2 amide bonds. The number of amides is 2. The number of benzene rings is 1. The van der Waals surface area contributed by atoms with Gasteiger partial charge in [0.1, 0.15) is 11.2 Å². The van der Waals surface area contributed by atoms with E-state index < -0.39 is 17.3 Å². The molecule has 0 saturated carbocycles. The molecule has 1 N–H and O–H groups in total. The van der Waals surface area contributed by atoms with Gasteiger partial charge in [0.15, 0.2) is 0 Å². The highest BCUT2D eigenvalue weighted by Gasteiger charge is 2.61. The standard InChI is InChI=1S/C28H40N2O6/c1-4-5-17-36-18-9-16-29-25(31)19-23-26(32)30(20-21-11-13-22(34-2)14-12-21)24-10-7-6-8-15-28(23,24)27(33)35-3/h10-14,23H,4-9,15-20H2,1-3H3,(H,29,31)/t23-,28-/m0/s1. The van der Waals surface area contributed by atoms with Crippen molar-refractivity contribution in [3.05, 3.63) is 41.6 Å². The lowest BCUT2D eigenvalue weighted by atomic mass is 9.71. The number of nitrogens with one attached hydrogen (secondary N) is 1. The zero-order valence-electron chi connectivity index (χ0n) is 21.8. The zero-order valence-corrected chi connectivity index (χ0v) is 21.8. The molecule has 1 fully saturated rings. The van der Waals surface area contributed by atoms with E-state index in [2.05, 4.69) is 12.2 Å². The number of carbonyl (C=O) groups excluding carboxylic acids is 3. The molecule has 1 aromatic carbocycles. The smallest absolute Gasteiger partial charge is 0.318 e. The van der Waals surface area contributed by atoms with Crippen LogP contribution < -0.4 is 10.1 Å². The molecule has 8 heteroatoms. The highest BCUT2D eigenvalue weighted by molar-refractivity contribution is 5.98. The number of allylic oxidation sites excluding steroid dienone is 1. The highest BCUT2D eigenvalue weighted by Crippen LogP contribution is 2.53. The Morgan fingerprint density at radius 2 is 1.86 bits per heavy atom. The molecule has 1 aliphatic carbocycles. The molecule has 0 radical (unpaired) electrons. The number of ether oxygens (including phenoxy) is 3. The second kappa shape index (κ2) is 13.4. The van der Waals surface area contributed by atoms with Crippen LogP contribution in [0.25, 0.3) is 0 Å². The number of carbonyl (C=O) groups is 3. The number of fused-ring (bicyclic) bond motifs is 1. The van der Waals surface area contributed by atoms with Crippen molar-refractivity contribution >= 4 is 17.8 Å². The lowest BCUT2D eigenvalue weighted by Crippen LogP contribution is -2.41. The minimum absolute atomic E-state index is 0.0545. The van der Waals surface area contributed by atoms with Crippen molar-refractivity contribution in [3.8, 4) is 5.75 Å². The minimum Gasteiger partial charge on any atom is -0.497 e. The summed E-state index contributed by atoms with van der Waals surface area (Å²) in [7, 11) is 2.96. The molecule has 2 atom stereocenters. The largest absolute Gasteiger partial charge is 0.497 e. The maximum atomic E-state index is 13.8. The van der Waals surface area contributed by atoms with Crippen molar-refractivity contribution in [1.29, 1.82) is 0 Å². The first kappa shape index (κ1) is 27.7. The number of methoxy groups -OCH3 is 2. The molecular formula is C28H40N2O6. The second-order valence-electron chi connectivity index (χ2n) is 9.50. The molecule has 1 aromatic rings. The number of rotatable bonds is 13. The van der Waals surface area contributed by atoms with Crippen molar-refractivity contribution in [1.82, 2.24) is 10.2 Å². The van der Waals surface area contributed by atoms with Crippen molar-refractivity contribution in [2.24, 2.45) is 11.3 Å². The predicted octanol–water partition coefficient (Wildman–Crippen LogP) is 3.98. The summed E-state index contributed by atoms with van der Waals surface area (Å²) in [5, 5.41) is 2.91. The van der Waals surface area contributed by atoms with Crippen LogP contribution in [-0.2, 0) is 30.4 Å². The van der Waals surface area contributed by atoms with Crippen LogP contribution in [0.2, 0.25) is 0 Å². The van der Waals surface area contributed by atoms with Gasteiger partial charge in [-0.1, -0.05) is 38.0 Å². The van der Waals surface area contributed by atoms with Gasteiger partial charge in [-0.2, -0.15) is 0 Å². The van der Waals surface area contributed by atoms with Gasteiger partial charge in [0.2, 0.25) is 11.8 Å². The average Bonchev–Trinajstić information content (AvgIpc) is 3.02. The van der Waals surface area contributed by atoms with Crippen LogP contribution in [0.15, 0.2) is 36.0 Å². The summed E-state index contributed by atoms with van der Waals surface area (Å²) in [5.41, 5.74) is 0.450. The van der Waals surface area contributed by atoms with Gasteiger partial charge in [-0.25, -0.2) is 0 Å². The van der Waals surface area contributed by atoms with Crippen LogP contribution >= 0.6 is 0 Å². The fraction of sp³-hybridized carbons (Fsp3) is 0.607. The summed E-state index contributed by atoms with van der Waals surface area (Å²) < 4.78 is 16.1. The molecular weight excluding hydrogens is 460 g/mol. The van der Waals surface area contributed by atoms with Gasteiger partial charge in [0.05, 0.1) is 26.7 Å². The Morgan fingerprint density at radius 1 is 1.11 bits per heavy atom. The Bertz CT molecular complexity index is 928. The molecule has 1 heterocycles. The van der Waals surface area contributed by atoms with Gasteiger partial charge in [0, 0.05) is 31.9 Å².